The van der Waals surface area contributed by atoms with E-state index in [0.29, 0.717) is 5.92 Å². The van der Waals surface area contributed by atoms with E-state index >= 15 is 0 Å². The average Bonchev–Trinajstić information content (AvgIpc) is 2.77. The molecule has 4 rings (SSSR count). The average molecular weight is 387 g/mol. The van der Waals surface area contributed by atoms with E-state index in [9.17, 15) is 0 Å². The zero-order valence-corrected chi connectivity index (χ0v) is 17.0. The lowest BCUT2D eigenvalue weighted by atomic mass is 9.85. The van der Waals surface area contributed by atoms with Gasteiger partial charge in [-0.05, 0) is 46.9 Å². The molecule has 1 nitrogen and oxygen atoms in total. The van der Waals surface area contributed by atoms with Crippen LogP contribution in [0.3, 0.4) is 0 Å². The van der Waals surface area contributed by atoms with Crippen LogP contribution in [0.1, 0.15) is 36.8 Å². The lowest BCUT2D eigenvalue weighted by molar-refractivity contribution is -0.931. The predicted molar refractivity (Wildman–Crippen MR) is 112 cm³/mol. The number of allylic oxidation sites excluding steroid dienone is 1. The fraction of sp³-hybridized carbons (Fsp3) is 0.391. The summed E-state index contributed by atoms with van der Waals surface area (Å²) in [6.45, 7) is 0. The molecule has 0 aliphatic carbocycles. The van der Waals surface area contributed by atoms with Crippen LogP contribution in [0.15, 0.2) is 54.6 Å². The van der Waals surface area contributed by atoms with Crippen LogP contribution in [0.25, 0.3) is 5.57 Å². The number of nitrogens with zero attached hydrogens (tertiary/aromatic N) is 1. The summed E-state index contributed by atoms with van der Waals surface area (Å²) in [5.41, 5.74) is 3.60. The molecule has 0 N–H and O–H groups in total. The van der Waals surface area contributed by atoms with Crippen LogP contribution in [-0.2, 0) is 0 Å². The quantitative estimate of drug-likeness (QED) is 0.532. The predicted octanol–water partition coefficient (Wildman–Crippen LogP) is 6.44. The number of benzene rings is 2. The summed E-state index contributed by atoms with van der Waals surface area (Å²) in [6.07, 6.45) is 7.77. The molecule has 2 fully saturated rings. The summed E-state index contributed by atoms with van der Waals surface area (Å²) in [5.74, 6) is 0.617. The Hall–Kier alpha value is -1.28. The Labute approximate surface area is 166 Å². The molecule has 136 valence electrons. The fourth-order valence-electron chi connectivity index (χ4n) is 4.97. The highest BCUT2D eigenvalue weighted by atomic mass is 35.5. The van der Waals surface area contributed by atoms with Crippen LogP contribution in [0.2, 0.25) is 10.0 Å². The minimum Gasteiger partial charge on any atom is -0.324 e. The second kappa shape index (κ2) is 7.03. The Kier molecular flexibility index (Phi) is 4.90. The standard InChI is InChI=1S/C23H26Cl2N/c1-26(2)21-9-10-22(26)12-16(11-21)13-23(17-5-3-7-19(24)14-17)18-6-4-8-20(25)15-18/h3-8,13-16,21-22H,9-12H2,1-2H3/q+1/t16?,21-,22+. The SMILES string of the molecule is C[N+]1(C)[C@@H]2CC[C@H]1CC(C=C(c1cccc(Cl)c1)c1cccc(Cl)c1)C2. The van der Waals surface area contributed by atoms with Gasteiger partial charge in [0.25, 0.3) is 0 Å². The van der Waals surface area contributed by atoms with Crippen molar-refractivity contribution in [3.05, 3.63) is 75.8 Å². The molecule has 3 atom stereocenters. The van der Waals surface area contributed by atoms with Gasteiger partial charge in [0.15, 0.2) is 0 Å². The van der Waals surface area contributed by atoms with E-state index < -0.39 is 0 Å². The number of hydrogen-bond acceptors (Lipinski definition) is 0. The molecule has 2 aromatic carbocycles. The highest BCUT2D eigenvalue weighted by molar-refractivity contribution is 6.31. The molecule has 2 aromatic rings. The van der Waals surface area contributed by atoms with Gasteiger partial charge in [-0.3, -0.25) is 0 Å². The molecule has 1 unspecified atom stereocenters. The number of hydrogen-bond donors (Lipinski definition) is 0. The first kappa shape index (κ1) is 18.1. The lowest BCUT2D eigenvalue weighted by Gasteiger charge is -2.44. The second-order valence-electron chi connectivity index (χ2n) is 8.35. The van der Waals surface area contributed by atoms with Gasteiger partial charge in [0.1, 0.15) is 0 Å². The van der Waals surface area contributed by atoms with Crippen LogP contribution in [0, 0.1) is 5.92 Å². The van der Waals surface area contributed by atoms with Crippen LogP contribution < -0.4 is 0 Å². The molecular formula is C23H26Cl2N+. The Morgan fingerprint density at radius 2 is 1.38 bits per heavy atom. The normalized spacial score (nSPS) is 26.5. The maximum Gasteiger partial charge on any atom is 0.0896 e. The van der Waals surface area contributed by atoms with E-state index in [0.717, 1.165) is 22.1 Å². The molecule has 0 saturated carbocycles. The lowest BCUT2D eigenvalue weighted by Crippen LogP contribution is -2.54. The molecule has 3 heteroatoms. The maximum atomic E-state index is 6.29. The van der Waals surface area contributed by atoms with Crippen molar-refractivity contribution in [3.63, 3.8) is 0 Å². The molecule has 2 heterocycles. The summed E-state index contributed by atoms with van der Waals surface area (Å²) in [5, 5.41) is 1.55. The molecule has 0 aromatic heterocycles. The third-order valence-corrected chi connectivity index (χ3v) is 7.01. The van der Waals surface area contributed by atoms with E-state index in [1.807, 2.05) is 24.3 Å². The smallest absolute Gasteiger partial charge is 0.0896 e. The first-order valence-electron chi connectivity index (χ1n) is 9.50. The van der Waals surface area contributed by atoms with Crippen LogP contribution >= 0.6 is 23.2 Å². The second-order valence-corrected chi connectivity index (χ2v) is 9.22. The zero-order chi connectivity index (χ0) is 18.3. The first-order chi connectivity index (χ1) is 12.4. The summed E-state index contributed by atoms with van der Waals surface area (Å²) >= 11 is 12.6. The minimum absolute atomic E-state index is 0.617. The van der Waals surface area contributed by atoms with Crippen LogP contribution in [-0.4, -0.2) is 30.7 Å². The summed E-state index contributed by atoms with van der Waals surface area (Å²) < 4.78 is 1.20. The third kappa shape index (κ3) is 3.45. The van der Waals surface area contributed by atoms with Gasteiger partial charge in [-0.15, -0.1) is 0 Å². The third-order valence-electron chi connectivity index (χ3n) is 6.54. The first-order valence-corrected chi connectivity index (χ1v) is 10.3. The molecule has 0 spiro atoms. The molecule has 2 aliphatic rings. The molecular weight excluding hydrogens is 361 g/mol. The molecule has 0 radical (unpaired) electrons. The van der Waals surface area contributed by atoms with E-state index in [1.165, 1.54) is 46.9 Å². The number of fused-ring (bicyclic) bond motifs is 2. The highest BCUT2D eigenvalue weighted by Crippen LogP contribution is 2.43. The summed E-state index contributed by atoms with van der Waals surface area (Å²) in [4.78, 5) is 0. The van der Waals surface area contributed by atoms with Gasteiger partial charge in [0.05, 0.1) is 26.2 Å². The Bertz CT molecular complexity index is 776. The number of rotatable bonds is 3. The van der Waals surface area contributed by atoms with Crippen molar-refractivity contribution >= 4 is 28.8 Å². The van der Waals surface area contributed by atoms with E-state index in [4.69, 9.17) is 23.2 Å². The number of quaternary nitrogens is 1. The van der Waals surface area contributed by atoms with Crippen molar-refractivity contribution in [1.29, 1.82) is 0 Å². The van der Waals surface area contributed by atoms with Crippen molar-refractivity contribution in [3.8, 4) is 0 Å². The van der Waals surface area contributed by atoms with Crippen molar-refractivity contribution in [2.24, 2.45) is 5.92 Å². The summed E-state index contributed by atoms with van der Waals surface area (Å²) in [6, 6.07) is 17.9. The van der Waals surface area contributed by atoms with Gasteiger partial charge in [-0.2, -0.15) is 0 Å². The van der Waals surface area contributed by atoms with Gasteiger partial charge in [0.2, 0.25) is 0 Å². The maximum absolute atomic E-state index is 6.29. The number of piperidine rings is 1. The van der Waals surface area contributed by atoms with Gasteiger partial charge in [0, 0.05) is 35.7 Å². The molecule has 2 aliphatic heterocycles. The van der Waals surface area contributed by atoms with Crippen molar-refractivity contribution in [1.82, 2.24) is 0 Å². The Morgan fingerprint density at radius 3 is 1.85 bits per heavy atom. The largest absolute Gasteiger partial charge is 0.324 e. The van der Waals surface area contributed by atoms with E-state index in [-0.39, 0.29) is 0 Å². The summed E-state index contributed by atoms with van der Waals surface area (Å²) in [7, 11) is 4.83. The van der Waals surface area contributed by atoms with Gasteiger partial charge >= 0.3 is 0 Å². The minimum atomic E-state index is 0.617. The molecule has 0 amide bonds. The molecule has 26 heavy (non-hydrogen) atoms. The van der Waals surface area contributed by atoms with Gasteiger partial charge in [-0.25, -0.2) is 0 Å². The monoisotopic (exact) mass is 386 g/mol. The van der Waals surface area contributed by atoms with Crippen molar-refractivity contribution in [2.75, 3.05) is 14.1 Å². The van der Waals surface area contributed by atoms with E-state index in [2.05, 4.69) is 44.4 Å². The zero-order valence-electron chi connectivity index (χ0n) is 15.5. The Balaban J connectivity index is 1.73. The Morgan fingerprint density at radius 1 is 0.885 bits per heavy atom. The van der Waals surface area contributed by atoms with Crippen LogP contribution in [0.4, 0.5) is 0 Å². The molecule has 2 bridgehead atoms. The fourth-order valence-corrected chi connectivity index (χ4v) is 5.35. The van der Waals surface area contributed by atoms with Crippen LogP contribution in [0.5, 0.6) is 0 Å². The van der Waals surface area contributed by atoms with Crippen molar-refractivity contribution in [2.45, 2.75) is 37.8 Å². The highest BCUT2D eigenvalue weighted by Gasteiger charge is 2.48. The van der Waals surface area contributed by atoms with Gasteiger partial charge < -0.3 is 4.48 Å². The van der Waals surface area contributed by atoms with Crippen molar-refractivity contribution < 1.29 is 4.48 Å². The number of halogens is 2. The molecule has 2 saturated heterocycles. The topological polar surface area (TPSA) is 0 Å². The van der Waals surface area contributed by atoms with Gasteiger partial charge in [-0.1, -0.05) is 53.5 Å². The van der Waals surface area contributed by atoms with E-state index in [1.54, 1.807) is 0 Å².